The van der Waals surface area contributed by atoms with E-state index in [9.17, 15) is 0 Å². The highest BCUT2D eigenvalue weighted by molar-refractivity contribution is 9.09. The molecule has 0 saturated carbocycles. The van der Waals surface area contributed by atoms with Crippen molar-refractivity contribution in [3.63, 3.8) is 0 Å². The van der Waals surface area contributed by atoms with Gasteiger partial charge in [0.2, 0.25) is 5.88 Å². The molecule has 0 aromatic carbocycles. The molecule has 2 fully saturated rings. The maximum Gasteiger partial charge on any atom is 0.218 e. The van der Waals surface area contributed by atoms with Gasteiger partial charge in [0.1, 0.15) is 11.6 Å². The van der Waals surface area contributed by atoms with Gasteiger partial charge in [-0.2, -0.15) is 4.98 Å². The van der Waals surface area contributed by atoms with Gasteiger partial charge in [-0.3, -0.25) is 0 Å². The van der Waals surface area contributed by atoms with E-state index in [4.69, 9.17) is 4.74 Å². The third kappa shape index (κ3) is 2.57. The largest absolute Gasteiger partial charge is 0.478 e. The summed E-state index contributed by atoms with van der Waals surface area (Å²) < 4.78 is 5.54. The molecule has 2 unspecified atom stereocenters. The van der Waals surface area contributed by atoms with Gasteiger partial charge in [-0.1, -0.05) is 15.9 Å². The Balaban J connectivity index is 1.90. The molecule has 1 aromatic rings. The van der Waals surface area contributed by atoms with Crippen molar-refractivity contribution < 1.29 is 4.74 Å². The lowest BCUT2D eigenvalue weighted by atomic mass is 10.0. The molecule has 104 valence electrons. The minimum absolute atomic E-state index is 0.618. The number of nitrogens with zero attached hydrogens (tertiary/aromatic N) is 3. The summed E-state index contributed by atoms with van der Waals surface area (Å²) in [6.07, 6.45) is 4.98. The molecule has 2 atom stereocenters. The molecular formula is C14H20BrN3O. The van der Waals surface area contributed by atoms with Gasteiger partial charge >= 0.3 is 0 Å². The first-order valence-electron chi connectivity index (χ1n) is 7.08. The standard InChI is InChI=1S/C14H20BrN3O/c1-3-19-14-8-13(16-9(2)17-14)18-11-4-5-12(18)7-10(15)6-11/h8,10-12H,3-7H2,1-2H3. The highest BCUT2D eigenvalue weighted by Crippen LogP contribution is 2.41. The molecule has 0 radical (unpaired) electrons. The van der Waals surface area contributed by atoms with E-state index in [1.807, 2.05) is 19.9 Å². The molecule has 2 bridgehead atoms. The van der Waals surface area contributed by atoms with Crippen molar-refractivity contribution in [1.29, 1.82) is 0 Å². The van der Waals surface area contributed by atoms with Crippen molar-refractivity contribution in [2.45, 2.75) is 56.4 Å². The summed E-state index contributed by atoms with van der Waals surface area (Å²) in [4.78, 5) is 12.1. The highest BCUT2D eigenvalue weighted by atomic mass is 79.9. The van der Waals surface area contributed by atoms with Gasteiger partial charge in [-0.15, -0.1) is 0 Å². The van der Waals surface area contributed by atoms with Crippen molar-refractivity contribution >= 4 is 21.7 Å². The van der Waals surface area contributed by atoms with E-state index in [0.717, 1.165) is 11.6 Å². The quantitative estimate of drug-likeness (QED) is 0.800. The lowest BCUT2D eigenvalue weighted by molar-refractivity contribution is 0.325. The van der Waals surface area contributed by atoms with Gasteiger partial charge < -0.3 is 9.64 Å². The molecule has 3 rings (SSSR count). The van der Waals surface area contributed by atoms with Crippen LogP contribution in [0.2, 0.25) is 0 Å². The van der Waals surface area contributed by atoms with Crippen molar-refractivity contribution in [2.75, 3.05) is 11.5 Å². The Morgan fingerprint density at radius 2 is 2.00 bits per heavy atom. The predicted molar refractivity (Wildman–Crippen MR) is 79.2 cm³/mol. The Labute approximate surface area is 122 Å². The fourth-order valence-electron chi connectivity index (χ4n) is 3.36. The topological polar surface area (TPSA) is 38.2 Å². The minimum atomic E-state index is 0.618. The first-order chi connectivity index (χ1) is 9.17. The van der Waals surface area contributed by atoms with Crippen molar-refractivity contribution in [3.8, 4) is 5.88 Å². The molecule has 0 spiro atoms. The SMILES string of the molecule is CCOc1cc(N2C3CCC2CC(Br)C3)nc(C)n1. The summed E-state index contributed by atoms with van der Waals surface area (Å²) in [5, 5.41) is 0. The van der Waals surface area contributed by atoms with Crippen LogP contribution in [-0.4, -0.2) is 33.5 Å². The Morgan fingerprint density at radius 1 is 1.32 bits per heavy atom. The molecule has 19 heavy (non-hydrogen) atoms. The second-order valence-electron chi connectivity index (χ2n) is 5.41. The Hall–Kier alpha value is -0.840. The normalized spacial score (nSPS) is 29.6. The zero-order valence-corrected chi connectivity index (χ0v) is 13.1. The fourth-order valence-corrected chi connectivity index (χ4v) is 4.23. The smallest absolute Gasteiger partial charge is 0.218 e. The Kier molecular flexibility index (Phi) is 3.65. The summed E-state index contributed by atoms with van der Waals surface area (Å²) >= 11 is 3.78. The van der Waals surface area contributed by atoms with Crippen LogP contribution >= 0.6 is 15.9 Å². The van der Waals surface area contributed by atoms with Gasteiger partial charge in [0.25, 0.3) is 0 Å². The van der Waals surface area contributed by atoms with Crippen LogP contribution < -0.4 is 9.64 Å². The molecule has 1 aromatic heterocycles. The van der Waals surface area contributed by atoms with E-state index in [2.05, 4.69) is 30.8 Å². The lowest BCUT2D eigenvalue weighted by Crippen LogP contribution is -2.43. The van der Waals surface area contributed by atoms with Crippen LogP contribution in [0.15, 0.2) is 6.07 Å². The van der Waals surface area contributed by atoms with Crippen molar-refractivity contribution in [3.05, 3.63) is 11.9 Å². The number of piperidine rings is 1. The van der Waals surface area contributed by atoms with Crippen LogP contribution in [0, 0.1) is 6.92 Å². The summed E-state index contributed by atoms with van der Waals surface area (Å²) in [6, 6.07) is 3.23. The molecule has 0 N–H and O–H groups in total. The number of aryl methyl sites for hydroxylation is 1. The third-order valence-electron chi connectivity index (χ3n) is 4.03. The first-order valence-corrected chi connectivity index (χ1v) is 8.00. The van der Waals surface area contributed by atoms with Crippen LogP contribution in [0.3, 0.4) is 0 Å². The van der Waals surface area contributed by atoms with Crippen molar-refractivity contribution in [2.24, 2.45) is 0 Å². The zero-order chi connectivity index (χ0) is 13.4. The average molecular weight is 326 g/mol. The van der Waals surface area contributed by atoms with Crippen molar-refractivity contribution in [1.82, 2.24) is 9.97 Å². The molecule has 2 saturated heterocycles. The van der Waals surface area contributed by atoms with E-state index in [-0.39, 0.29) is 0 Å². The van der Waals surface area contributed by atoms with Crippen LogP contribution in [0.1, 0.15) is 38.4 Å². The number of rotatable bonds is 3. The number of hydrogen-bond donors (Lipinski definition) is 0. The summed E-state index contributed by atoms with van der Waals surface area (Å²) in [5.74, 6) is 2.54. The minimum Gasteiger partial charge on any atom is -0.478 e. The summed E-state index contributed by atoms with van der Waals surface area (Å²) in [7, 11) is 0. The molecule has 0 amide bonds. The third-order valence-corrected chi connectivity index (χ3v) is 4.78. The number of halogens is 1. The molecule has 2 aliphatic heterocycles. The van der Waals surface area contributed by atoms with Crippen LogP contribution in [0.5, 0.6) is 5.88 Å². The second-order valence-corrected chi connectivity index (χ2v) is 6.70. The van der Waals surface area contributed by atoms with Gasteiger partial charge in [-0.25, -0.2) is 4.98 Å². The molecule has 3 heterocycles. The first kappa shape index (κ1) is 13.2. The maximum absolute atomic E-state index is 5.54. The maximum atomic E-state index is 5.54. The molecule has 2 aliphatic rings. The fraction of sp³-hybridized carbons (Fsp3) is 0.714. The van der Waals surface area contributed by atoms with Gasteiger partial charge in [0.05, 0.1) is 6.61 Å². The number of alkyl halides is 1. The summed E-state index contributed by atoms with van der Waals surface area (Å²) in [5.41, 5.74) is 0. The molecule has 0 aliphatic carbocycles. The number of fused-ring (bicyclic) bond motifs is 2. The monoisotopic (exact) mass is 325 g/mol. The van der Waals surface area contributed by atoms with Gasteiger partial charge in [0.15, 0.2) is 0 Å². The second kappa shape index (κ2) is 5.27. The van der Waals surface area contributed by atoms with E-state index in [1.165, 1.54) is 25.7 Å². The van der Waals surface area contributed by atoms with Gasteiger partial charge in [-0.05, 0) is 39.5 Å². The number of anilines is 1. The van der Waals surface area contributed by atoms with E-state index >= 15 is 0 Å². The van der Waals surface area contributed by atoms with Crippen LogP contribution in [0.4, 0.5) is 5.82 Å². The van der Waals surface area contributed by atoms with E-state index < -0.39 is 0 Å². The van der Waals surface area contributed by atoms with Crippen LogP contribution in [0.25, 0.3) is 0 Å². The molecule has 4 nitrogen and oxygen atoms in total. The summed E-state index contributed by atoms with van der Waals surface area (Å²) in [6.45, 7) is 4.56. The Bertz CT molecular complexity index is 454. The number of aromatic nitrogens is 2. The number of hydrogen-bond acceptors (Lipinski definition) is 4. The Morgan fingerprint density at radius 3 is 2.63 bits per heavy atom. The lowest BCUT2D eigenvalue weighted by Gasteiger charge is -2.38. The average Bonchev–Trinajstić information content (AvgIpc) is 2.61. The van der Waals surface area contributed by atoms with Gasteiger partial charge in [0, 0.05) is 23.0 Å². The van der Waals surface area contributed by atoms with Crippen LogP contribution in [-0.2, 0) is 0 Å². The highest BCUT2D eigenvalue weighted by Gasteiger charge is 2.40. The van der Waals surface area contributed by atoms with E-state index in [0.29, 0.717) is 29.4 Å². The molecule has 5 heteroatoms. The molecular weight excluding hydrogens is 306 g/mol. The van der Waals surface area contributed by atoms with E-state index in [1.54, 1.807) is 0 Å². The zero-order valence-electron chi connectivity index (χ0n) is 11.5. The number of ether oxygens (including phenoxy) is 1. The predicted octanol–water partition coefficient (Wildman–Crippen LogP) is 3.08.